The maximum Gasteiger partial charge on any atom is 0.0729 e. The van der Waals surface area contributed by atoms with Crippen LogP contribution in [0.4, 0.5) is 5.69 Å². The lowest BCUT2D eigenvalue weighted by Crippen LogP contribution is -2.02. The van der Waals surface area contributed by atoms with E-state index in [9.17, 15) is 0 Å². The van der Waals surface area contributed by atoms with Crippen LogP contribution in [0.3, 0.4) is 0 Å². The van der Waals surface area contributed by atoms with E-state index in [1.807, 2.05) is 6.20 Å². The molecule has 0 amide bonds. The summed E-state index contributed by atoms with van der Waals surface area (Å²) in [7, 11) is 0. The fourth-order valence-corrected chi connectivity index (χ4v) is 2.49. The molecule has 0 radical (unpaired) electrons. The average Bonchev–Trinajstić information content (AvgIpc) is 3.02. The van der Waals surface area contributed by atoms with Gasteiger partial charge in [0.2, 0.25) is 0 Å². The quantitative estimate of drug-likeness (QED) is 0.733. The maximum absolute atomic E-state index is 8.91. The number of nitrogens with one attached hydrogen (secondary N) is 1. The van der Waals surface area contributed by atoms with Crippen LogP contribution >= 0.6 is 0 Å². The Labute approximate surface area is 136 Å². The second-order valence-electron chi connectivity index (χ2n) is 5.64. The van der Waals surface area contributed by atoms with Gasteiger partial charge in [0.1, 0.15) is 0 Å². The normalized spacial score (nSPS) is 10.7. The summed E-state index contributed by atoms with van der Waals surface area (Å²) in [5, 5.41) is 16.5. The molecule has 0 saturated heterocycles. The van der Waals surface area contributed by atoms with Gasteiger partial charge in [-0.2, -0.15) is 5.10 Å². The number of rotatable bonds is 6. The van der Waals surface area contributed by atoms with Crippen LogP contribution in [-0.4, -0.2) is 21.5 Å². The monoisotopic (exact) mass is 307 g/mol. The van der Waals surface area contributed by atoms with Crippen molar-refractivity contribution >= 4 is 5.69 Å². The van der Waals surface area contributed by atoms with Crippen LogP contribution < -0.4 is 5.32 Å². The van der Waals surface area contributed by atoms with Crippen molar-refractivity contribution < 1.29 is 5.11 Å². The highest BCUT2D eigenvalue weighted by atomic mass is 16.3. The van der Waals surface area contributed by atoms with Crippen LogP contribution in [0.25, 0.3) is 11.1 Å². The van der Waals surface area contributed by atoms with Crippen LogP contribution in [-0.2, 0) is 13.1 Å². The van der Waals surface area contributed by atoms with E-state index in [2.05, 4.69) is 65.9 Å². The first-order valence-electron chi connectivity index (χ1n) is 7.78. The number of aryl methyl sites for hydroxylation is 1. The van der Waals surface area contributed by atoms with Crippen LogP contribution in [0.1, 0.15) is 11.1 Å². The van der Waals surface area contributed by atoms with Crippen molar-refractivity contribution in [2.24, 2.45) is 0 Å². The van der Waals surface area contributed by atoms with Crippen molar-refractivity contribution in [1.82, 2.24) is 9.78 Å². The van der Waals surface area contributed by atoms with Crippen LogP contribution in [0.2, 0.25) is 0 Å². The Morgan fingerprint density at radius 1 is 1.09 bits per heavy atom. The minimum absolute atomic E-state index is 0.0969. The summed E-state index contributed by atoms with van der Waals surface area (Å²) in [6.45, 7) is 3.45. The van der Waals surface area contributed by atoms with Crippen LogP contribution in [0, 0.1) is 6.92 Å². The molecule has 118 valence electrons. The van der Waals surface area contributed by atoms with Crippen molar-refractivity contribution in [2.45, 2.75) is 20.0 Å². The van der Waals surface area contributed by atoms with E-state index in [0.29, 0.717) is 6.54 Å². The molecule has 0 atom stereocenters. The molecule has 3 rings (SSSR count). The lowest BCUT2D eigenvalue weighted by molar-refractivity contribution is 0.269. The van der Waals surface area contributed by atoms with Gasteiger partial charge in [0.15, 0.2) is 0 Å². The highest BCUT2D eigenvalue weighted by molar-refractivity contribution is 5.64. The Bertz CT molecular complexity index is 762. The molecule has 3 aromatic rings. The highest BCUT2D eigenvalue weighted by Gasteiger charge is 2.01. The Kier molecular flexibility index (Phi) is 4.74. The van der Waals surface area contributed by atoms with Crippen molar-refractivity contribution in [3.8, 4) is 11.1 Å². The number of hydrogen-bond donors (Lipinski definition) is 2. The van der Waals surface area contributed by atoms with Crippen molar-refractivity contribution in [2.75, 3.05) is 11.9 Å². The summed E-state index contributed by atoms with van der Waals surface area (Å²) in [4.78, 5) is 0. The largest absolute Gasteiger partial charge is 0.394 e. The first-order chi connectivity index (χ1) is 11.2. The van der Waals surface area contributed by atoms with Gasteiger partial charge in [0, 0.05) is 12.7 Å². The Morgan fingerprint density at radius 2 is 1.91 bits per heavy atom. The first-order valence-corrected chi connectivity index (χ1v) is 7.78. The molecule has 2 aromatic carbocycles. The molecule has 4 nitrogen and oxygen atoms in total. The molecule has 1 aromatic heterocycles. The molecule has 0 fully saturated rings. The van der Waals surface area contributed by atoms with Gasteiger partial charge in [0.25, 0.3) is 0 Å². The van der Waals surface area contributed by atoms with Gasteiger partial charge in [-0.15, -0.1) is 0 Å². The fourth-order valence-electron chi connectivity index (χ4n) is 2.49. The van der Waals surface area contributed by atoms with E-state index in [1.165, 1.54) is 22.3 Å². The maximum atomic E-state index is 8.91. The number of aromatic nitrogens is 2. The minimum Gasteiger partial charge on any atom is -0.394 e. The van der Waals surface area contributed by atoms with Crippen LogP contribution in [0.15, 0.2) is 60.9 Å². The van der Waals surface area contributed by atoms with Gasteiger partial charge in [-0.05, 0) is 29.7 Å². The number of benzene rings is 2. The van der Waals surface area contributed by atoms with E-state index in [-0.39, 0.29) is 6.61 Å². The molecular weight excluding hydrogens is 286 g/mol. The number of anilines is 1. The molecule has 0 aliphatic carbocycles. The second-order valence-corrected chi connectivity index (χ2v) is 5.64. The molecule has 0 aliphatic heterocycles. The summed E-state index contributed by atoms with van der Waals surface area (Å²) < 4.78 is 1.73. The average molecular weight is 307 g/mol. The molecule has 0 saturated carbocycles. The SMILES string of the molecule is Cc1ccc(-c2cccc(CNc3cnn(CCO)c3)c2)cc1. The second kappa shape index (κ2) is 7.11. The summed E-state index contributed by atoms with van der Waals surface area (Å²) in [6.07, 6.45) is 3.68. The molecule has 23 heavy (non-hydrogen) atoms. The standard InChI is InChI=1S/C19H21N3O/c1-15-5-7-17(8-6-15)18-4-2-3-16(11-18)12-20-19-13-21-22(14-19)9-10-23/h2-8,11,13-14,20,23H,9-10,12H2,1H3. The van der Waals surface area contributed by atoms with Crippen molar-refractivity contribution in [3.63, 3.8) is 0 Å². The summed E-state index contributed by atoms with van der Waals surface area (Å²) in [5.41, 5.74) is 5.90. The molecule has 0 bridgehead atoms. The molecule has 0 aliphatic rings. The smallest absolute Gasteiger partial charge is 0.0729 e. The van der Waals surface area contributed by atoms with Gasteiger partial charge in [-0.1, -0.05) is 48.0 Å². The minimum atomic E-state index is 0.0969. The topological polar surface area (TPSA) is 50.1 Å². The van der Waals surface area contributed by atoms with Crippen molar-refractivity contribution in [3.05, 3.63) is 72.1 Å². The Hall–Kier alpha value is -2.59. The lowest BCUT2D eigenvalue weighted by Gasteiger charge is -2.07. The number of aliphatic hydroxyl groups is 1. The zero-order valence-corrected chi connectivity index (χ0v) is 13.2. The van der Waals surface area contributed by atoms with E-state index in [1.54, 1.807) is 10.9 Å². The first kappa shape index (κ1) is 15.3. The van der Waals surface area contributed by atoms with E-state index in [4.69, 9.17) is 5.11 Å². The highest BCUT2D eigenvalue weighted by Crippen LogP contribution is 2.21. The molecule has 2 N–H and O–H groups in total. The van der Waals surface area contributed by atoms with Crippen LogP contribution in [0.5, 0.6) is 0 Å². The third kappa shape index (κ3) is 3.99. The zero-order chi connectivity index (χ0) is 16.1. The van der Waals surface area contributed by atoms with E-state index in [0.717, 1.165) is 12.2 Å². The van der Waals surface area contributed by atoms with Gasteiger partial charge in [-0.3, -0.25) is 4.68 Å². The third-order valence-corrected chi connectivity index (χ3v) is 3.77. The molecule has 1 heterocycles. The Morgan fingerprint density at radius 3 is 2.70 bits per heavy atom. The number of nitrogens with zero attached hydrogens (tertiary/aromatic N) is 2. The third-order valence-electron chi connectivity index (χ3n) is 3.77. The van der Waals surface area contributed by atoms with Gasteiger partial charge < -0.3 is 10.4 Å². The predicted octanol–water partition coefficient (Wildman–Crippen LogP) is 3.46. The summed E-state index contributed by atoms with van der Waals surface area (Å²) in [5.74, 6) is 0. The Balaban J connectivity index is 1.68. The molecule has 0 unspecified atom stereocenters. The molecular formula is C19H21N3O. The summed E-state index contributed by atoms with van der Waals surface area (Å²) in [6, 6.07) is 17.1. The number of hydrogen-bond acceptors (Lipinski definition) is 3. The predicted molar refractivity (Wildman–Crippen MR) is 93.3 cm³/mol. The van der Waals surface area contributed by atoms with E-state index < -0.39 is 0 Å². The van der Waals surface area contributed by atoms with Gasteiger partial charge >= 0.3 is 0 Å². The van der Waals surface area contributed by atoms with Gasteiger partial charge in [-0.25, -0.2) is 0 Å². The lowest BCUT2D eigenvalue weighted by atomic mass is 10.0. The summed E-state index contributed by atoms with van der Waals surface area (Å²) >= 11 is 0. The van der Waals surface area contributed by atoms with E-state index >= 15 is 0 Å². The van der Waals surface area contributed by atoms with Crippen molar-refractivity contribution in [1.29, 1.82) is 0 Å². The fraction of sp³-hybridized carbons (Fsp3) is 0.211. The van der Waals surface area contributed by atoms with Gasteiger partial charge in [0.05, 0.1) is 25.0 Å². The molecule has 4 heteroatoms. The number of aliphatic hydroxyl groups excluding tert-OH is 1. The molecule has 0 spiro atoms. The zero-order valence-electron chi connectivity index (χ0n) is 13.2.